The molecule has 0 fully saturated rings. The van der Waals surface area contributed by atoms with E-state index >= 15 is 0 Å². The minimum Gasteiger partial charge on any atom is -0.171 e. The molecule has 2 rings (SSSR count). The quantitative estimate of drug-likeness (QED) is 0.706. The fourth-order valence-corrected chi connectivity index (χ4v) is 2.58. The topological polar surface area (TPSA) is 0 Å². The van der Waals surface area contributed by atoms with Crippen molar-refractivity contribution in [3.63, 3.8) is 0 Å². The molecule has 1 unspecified atom stereocenters. The number of hydrogen-bond donors (Lipinski definition) is 1. The largest absolute Gasteiger partial charge is 0.171 e. The van der Waals surface area contributed by atoms with E-state index in [1.165, 1.54) is 16.7 Å². The number of thiol groups is 1. The molecule has 0 nitrogen and oxygen atoms in total. The Balaban J connectivity index is 2.41. The summed E-state index contributed by atoms with van der Waals surface area (Å²) in [6.07, 6.45) is 2.28. The maximum Gasteiger partial charge on any atom is 0.0273 e. The average Bonchev–Trinajstić information content (AvgIpc) is 2.40. The zero-order valence-electron chi connectivity index (χ0n) is 10.1. The minimum absolute atomic E-state index is 0.330. The van der Waals surface area contributed by atoms with Crippen molar-refractivity contribution in [3.05, 3.63) is 60.2 Å². The first-order valence-electron chi connectivity index (χ1n) is 6.15. The maximum atomic E-state index is 4.72. The van der Waals surface area contributed by atoms with Gasteiger partial charge in [0.2, 0.25) is 0 Å². The highest BCUT2D eigenvalue weighted by Gasteiger charge is 2.10. The molecule has 2 aromatic rings. The predicted octanol–water partition coefficient (Wildman–Crippen LogP) is 5.12. The number of rotatable bonds is 4. The molecule has 1 heteroatoms. The van der Waals surface area contributed by atoms with Crippen molar-refractivity contribution in [1.29, 1.82) is 0 Å². The van der Waals surface area contributed by atoms with E-state index in [4.69, 9.17) is 12.6 Å². The van der Waals surface area contributed by atoms with Gasteiger partial charge in [0.05, 0.1) is 0 Å². The van der Waals surface area contributed by atoms with Crippen LogP contribution in [0.2, 0.25) is 0 Å². The van der Waals surface area contributed by atoms with Gasteiger partial charge in [0.1, 0.15) is 0 Å². The van der Waals surface area contributed by atoms with Gasteiger partial charge < -0.3 is 0 Å². The van der Waals surface area contributed by atoms with Crippen LogP contribution >= 0.6 is 12.6 Å². The number of benzene rings is 2. The highest BCUT2D eigenvalue weighted by atomic mass is 32.1. The zero-order valence-corrected chi connectivity index (χ0v) is 11.0. The smallest absolute Gasteiger partial charge is 0.0273 e. The van der Waals surface area contributed by atoms with Crippen LogP contribution in [0.1, 0.15) is 30.6 Å². The summed E-state index contributed by atoms with van der Waals surface area (Å²) in [5.74, 6) is 0. The zero-order chi connectivity index (χ0) is 12.1. The molecular formula is C16H18S. The molecule has 0 saturated carbocycles. The van der Waals surface area contributed by atoms with Crippen LogP contribution in [0.4, 0.5) is 0 Å². The van der Waals surface area contributed by atoms with Crippen molar-refractivity contribution in [1.82, 2.24) is 0 Å². The second kappa shape index (κ2) is 5.92. The van der Waals surface area contributed by atoms with Crippen molar-refractivity contribution < 1.29 is 0 Å². The van der Waals surface area contributed by atoms with Gasteiger partial charge >= 0.3 is 0 Å². The first-order chi connectivity index (χ1) is 8.33. The molecular weight excluding hydrogens is 224 g/mol. The van der Waals surface area contributed by atoms with Gasteiger partial charge in [-0.1, -0.05) is 67.9 Å². The summed E-state index contributed by atoms with van der Waals surface area (Å²) in [6.45, 7) is 2.20. The second-order valence-electron chi connectivity index (χ2n) is 4.26. The third kappa shape index (κ3) is 2.92. The molecule has 0 bridgehead atoms. The third-order valence-electron chi connectivity index (χ3n) is 2.97. The molecule has 0 saturated heterocycles. The Morgan fingerprint density at radius 3 is 2.29 bits per heavy atom. The van der Waals surface area contributed by atoms with Gasteiger partial charge in [-0.15, -0.1) is 0 Å². The van der Waals surface area contributed by atoms with Gasteiger partial charge in [-0.05, 0) is 23.1 Å². The van der Waals surface area contributed by atoms with Crippen molar-refractivity contribution in [2.24, 2.45) is 0 Å². The minimum atomic E-state index is 0.330. The first kappa shape index (κ1) is 12.3. The lowest BCUT2D eigenvalue weighted by molar-refractivity contribution is 0.784. The van der Waals surface area contributed by atoms with Gasteiger partial charge in [-0.2, -0.15) is 12.6 Å². The van der Waals surface area contributed by atoms with Gasteiger partial charge in [0.25, 0.3) is 0 Å². The molecule has 0 aliphatic rings. The van der Waals surface area contributed by atoms with E-state index in [2.05, 4.69) is 61.5 Å². The summed E-state index contributed by atoms with van der Waals surface area (Å²) < 4.78 is 0. The van der Waals surface area contributed by atoms with Crippen LogP contribution in [-0.4, -0.2) is 0 Å². The van der Waals surface area contributed by atoms with Crippen LogP contribution in [0.15, 0.2) is 54.6 Å². The van der Waals surface area contributed by atoms with Crippen LogP contribution in [0.25, 0.3) is 11.1 Å². The van der Waals surface area contributed by atoms with Crippen molar-refractivity contribution in [2.75, 3.05) is 0 Å². The Bertz CT molecular complexity index is 462. The molecule has 0 N–H and O–H groups in total. The lowest BCUT2D eigenvalue weighted by atomic mass is 9.96. The van der Waals surface area contributed by atoms with Crippen LogP contribution in [0.5, 0.6) is 0 Å². The number of hydrogen-bond acceptors (Lipinski definition) is 1. The summed E-state index contributed by atoms with van der Waals surface area (Å²) in [5.41, 5.74) is 3.92. The van der Waals surface area contributed by atoms with Crippen molar-refractivity contribution in [2.45, 2.75) is 25.0 Å². The molecule has 17 heavy (non-hydrogen) atoms. The first-order valence-corrected chi connectivity index (χ1v) is 6.67. The van der Waals surface area contributed by atoms with E-state index in [9.17, 15) is 0 Å². The van der Waals surface area contributed by atoms with Crippen molar-refractivity contribution in [3.8, 4) is 11.1 Å². The van der Waals surface area contributed by atoms with Gasteiger partial charge in [-0.25, -0.2) is 0 Å². The second-order valence-corrected chi connectivity index (χ2v) is 4.88. The Kier molecular flexibility index (Phi) is 4.27. The molecule has 88 valence electrons. The highest BCUT2D eigenvalue weighted by molar-refractivity contribution is 7.80. The molecule has 1 atom stereocenters. The van der Waals surface area contributed by atoms with E-state index in [-0.39, 0.29) is 0 Å². The van der Waals surface area contributed by atoms with Gasteiger partial charge in [-0.3, -0.25) is 0 Å². The van der Waals surface area contributed by atoms with E-state index in [1.54, 1.807) is 0 Å². The molecule has 0 radical (unpaired) electrons. The monoisotopic (exact) mass is 242 g/mol. The van der Waals surface area contributed by atoms with Crippen LogP contribution in [-0.2, 0) is 0 Å². The van der Waals surface area contributed by atoms with Gasteiger partial charge in [0, 0.05) is 5.25 Å². The lowest BCUT2D eigenvalue weighted by Gasteiger charge is -2.15. The molecule has 0 heterocycles. The SMILES string of the molecule is CCCC(S)c1ccccc1-c1ccccc1. The van der Waals surface area contributed by atoms with E-state index in [0.29, 0.717) is 5.25 Å². The van der Waals surface area contributed by atoms with Crippen LogP contribution in [0, 0.1) is 0 Å². The molecule has 0 aromatic heterocycles. The molecule has 0 aliphatic heterocycles. The average molecular weight is 242 g/mol. The van der Waals surface area contributed by atoms with E-state index in [0.717, 1.165) is 12.8 Å². The Labute approximate surface area is 109 Å². The van der Waals surface area contributed by atoms with Crippen molar-refractivity contribution >= 4 is 12.6 Å². The summed E-state index contributed by atoms with van der Waals surface area (Å²) in [4.78, 5) is 0. The summed E-state index contributed by atoms with van der Waals surface area (Å²) in [7, 11) is 0. The lowest BCUT2D eigenvalue weighted by Crippen LogP contribution is -1.93. The highest BCUT2D eigenvalue weighted by Crippen LogP contribution is 2.33. The van der Waals surface area contributed by atoms with E-state index in [1.807, 2.05) is 0 Å². The molecule has 0 spiro atoms. The molecule has 2 aromatic carbocycles. The Morgan fingerprint density at radius 1 is 0.941 bits per heavy atom. The molecule has 0 amide bonds. The predicted molar refractivity (Wildman–Crippen MR) is 78.5 cm³/mol. The fourth-order valence-electron chi connectivity index (χ4n) is 2.10. The Hall–Kier alpha value is -1.21. The standard InChI is InChI=1S/C16H18S/c1-2-8-16(17)15-12-7-6-11-14(15)13-9-4-3-5-10-13/h3-7,9-12,16-17H,2,8H2,1H3. The van der Waals surface area contributed by atoms with Gasteiger partial charge in [0.15, 0.2) is 0 Å². The maximum absolute atomic E-state index is 4.72. The summed E-state index contributed by atoms with van der Waals surface area (Å²) in [5, 5.41) is 0.330. The van der Waals surface area contributed by atoms with Crippen LogP contribution in [0.3, 0.4) is 0 Å². The normalized spacial score (nSPS) is 12.4. The van der Waals surface area contributed by atoms with E-state index < -0.39 is 0 Å². The Morgan fingerprint density at radius 2 is 1.59 bits per heavy atom. The molecule has 0 aliphatic carbocycles. The fraction of sp³-hybridized carbons (Fsp3) is 0.250. The van der Waals surface area contributed by atoms with Crippen LogP contribution < -0.4 is 0 Å². The summed E-state index contributed by atoms with van der Waals surface area (Å²) in [6, 6.07) is 19.1. The third-order valence-corrected chi connectivity index (χ3v) is 3.50. The summed E-state index contributed by atoms with van der Waals surface area (Å²) >= 11 is 4.72.